The monoisotopic (exact) mass is 156 g/mol. The van der Waals surface area contributed by atoms with E-state index >= 15 is 0 Å². The molecular weight excluding hydrogens is 140 g/mol. The molecule has 0 aromatic carbocycles. The Balaban J connectivity index is 3.53. The number of hydrogen-bond donors (Lipinski definition) is 1. The number of nitrogens with zero attached hydrogens (tertiary/aromatic N) is 1. The molecule has 0 aliphatic heterocycles. The molecule has 3 nitrogen and oxygen atoms in total. The maximum absolute atomic E-state index is 10.3. The maximum atomic E-state index is 10.3. The van der Waals surface area contributed by atoms with Gasteiger partial charge < -0.3 is 0 Å². The Morgan fingerprint density at radius 3 is 2.45 bits per heavy atom. The van der Waals surface area contributed by atoms with Gasteiger partial charge in [0.2, 0.25) is 5.91 Å². The largest absolute Gasteiger partial charge is 0.274 e. The number of hydrogen-bond acceptors (Lipinski definition) is 2. The van der Waals surface area contributed by atoms with Crippen molar-refractivity contribution in [3.8, 4) is 0 Å². The second-order valence-corrected chi connectivity index (χ2v) is 3.74. The first-order valence-electron chi connectivity index (χ1n) is 3.70. The smallest absolute Gasteiger partial charge is 0.236 e. The molecule has 0 aromatic heterocycles. The van der Waals surface area contributed by atoms with Gasteiger partial charge in [0.1, 0.15) is 0 Å². The van der Waals surface area contributed by atoms with Crippen LogP contribution >= 0.6 is 0 Å². The number of hydrazone groups is 1. The highest BCUT2D eigenvalue weighted by Crippen LogP contribution is 2.15. The van der Waals surface area contributed by atoms with E-state index in [2.05, 4.69) is 31.3 Å². The minimum atomic E-state index is -0.129. The highest BCUT2D eigenvalue weighted by molar-refractivity contribution is 5.73. The van der Waals surface area contributed by atoms with E-state index in [1.54, 1.807) is 6.21 Å². The van der Waals surface area contributed by atoms with Gasteiger partial charge in [-0.1, -0.05) is 20.8 Å². The number of amides is 1. The molecule has 0 radical (unpaired) electrons. The Hall–Kier alpha value is -0.860. The summed E-state index contributed by atoms with van der Waals surface area (Å²) in [6.45, 7) is 7.79. The predicted molar refractivity (Wildman–Crippen MR) is 46.4 cm³/mol. The third kappa shape index (κ3) is 9.14. The molecule has 0 heterocycles. The predicted octanol–water partition coefficient (Wildman–Crippen LogP) is 1.54. The molecule has 0 bridgehead atoms. The van der Waals surface area contributed by atoms with Gasteiger partial charge in [0, 0.05) is 13.1 Å². The standard InChI is InChI=1S/C8H16N2O/c1-7(11)10-9-6-5-8(2,3)4/h6H,5H2,1-4H3,(H,10,11)/b9-6+. The molecule has 0 aliphatic rings. The molecule has 0 fully saturated rings. The van der Waals surface area contributed by atoms with Crippen molar-refractivity contribution < 1.29 is 4.79 Å². The normalized spacial score (nSPS) is 12.0. The zero-order valence-corrected chi connectivity index (χ0v) is 7.64. The summed E-state index contributed by atoms with van der Waals surface area (Å²) in [6, 6.07) is 0. The summed E-state index contributed by atoms with van der Waals surface area (Å²) in [5, 5.41) is 3.73. The van der Waals surface area contributed by atoms with E-state index in [1.165, 1.54) is 6.92 Å². The lowest BCUT2D eigenvalue weighted by Crippen LogP contribution is -2.13. The second kappa shape index (κ2) is 4.11. The van der Waals surface area contributed by atoms with Crippen LogP contribution in [0.1, 0.15) is 34.1 Å². The van der Waals surface area contributed by atoms with Crippen LogP contribution in [0, 0.1) is 5.41 Å². The molecule has 0 saturated heterocycles. The molecule has 1 N–H and O–H groups in total. The van der Waals surface area contributed by atoms with Crippen LogP contribution in [-0.2, 0) is 4.79 Å². The van der Waals surface area contributed by atoms with Crippen molar-refractivity contribution >= 4 is 12.1 Å². The van der Waals surface area contributed by atoms with Gasteiger partial charge in [-0.2, -0.15) is 5.10 Å². The van der Waals surface area contributed by atoms with E-state index < -0.39 is 0 Å². The quantitative estimate of drug-likeness (QED) is 0.478. The molecule has 11 heavy (non-hydrogen) atoms. The lowest BCUT2D eigenvalue weighted by atomic mass is 9.93. The Kier molecular flexibility index (Phi) is 3.79. The number of rotatable bonds is 2. The summed E-state index contributed by atoms with van der Waals surface area (Å²) in [7, 11) is 0. The van der Waals surface area contributed by atoms with E-state index in [0.29, 0.717) is 0 Å². The lowest BCUT2D eigenvalue weighted by Gasteiger charge is -2.13. The zero-order chi connectivity index (χ0) is 8.91. The van der Waals surface area contributed by atoms with Crippen LogP contribution in [0.3, 0.4) is 0 Å². The van der Waals surface area contributed by atoms with E-state index in [9.17, 15) is 4.79 Å². The van der Waals surface area contributed by atoms with Gasteiger partial charge in [-0.25, -0.2) is 5.43 Å². The van der Waals surface area contributed by atoms with Crippen LogP contribution in [0.25, 0.3) is 0 Å². The van der Waals surface area contributed by atoms with E-state index in [1.807, 2.05) is 0 Å². The molecule has 0 rings (SSSR count). The molecule has 0 aliphatic carbocycles. The molecule has 0 atom stereocenters. The fourth-order valence-corrected chi connectivity index (χ4v) is 0.456. The van der Waals surface area contributed by atoms with E-state index in [4.69, 9.17) is 0 Å². The van der Waals surface area contributed by atoms with Crippen molar-refractivity contribution in [1.29, 1.82) is 0 Å². The lowest BCUT2D eigenvalue weighted by molar-refractivity contribution is -0.118. The molecule has 1 amide bonds. The molecule has 0 saturated carbocycles. The summed E-state index contributed by atoms with van der Waals surface area (Å²) in [6.07, 6.45) is 2.59. The third-order valence-corrected chi connectivity index (χ3v) is 1.02. The van der Waals surface area contributed by atoms with Crippen LogP contribution in [0.5, 0.6) is 0 Å². The Bertz CT molecular complexity index is 156. The number of carbonyl (C=O) groups is 1. The summed E-state index contributed by atoms with van der Waals surface area (Å²) in [5.41, 5.74) is 2.59. The average molecular weight is 156 g/mol. The summed E-state index contributed by atoms with van der Waals surface area (Å²) in [4.78, 5) is 10.3. The third-order valence-electron chi connectivity index (χ3n) is 1.02. The topological polar surface area (TPSA) is 41.5 Å². The molecular formula is C8H16N2O. The number of carbonyl (C=O) groups excluding carboxylic acids is 1. The van der Waals surface area contributed by atoms with Gasteiger partial charge >= 0.3 is 0 Å². The first kappa shape index (κ1) is 10.1. The molecule has 3 heteroatoms. The van der Waals surface area contributed by atoms with Crippen LogP contribution < -0.4 is 5.43 Å². The van der Waals surface area contributed by atoms with Gasteiger partial charge in [0.15, 0.2) is 0 Å². The van der Waals surface area contributed by atoms with Gasteiger partial charge in [-0.05, 0) is 11.8 Å². The maximum Gasteiger partial charge on any atom is 0.236 e. The van der Waals surface area contributed by atoms with E-state index in [-0.39, 0.29) is 11.3 Å². The molecule has 0 spiro atoms. The van der Waals surface area contributed by atoms with Crippen molar-refractivity contribution in [3.05, 3.63) is 0 Å². The molecule has 0 unspecified atom stereocenters. The van der Waals surface area contributed by atoms with Crippen molar-refractivity contribution in [1.82, 2.24) is 5.43 Å². The Morgan fingerprint density at radius 2 is 2.09 bits per heavy atom. The summed E-state index contributed by atoms with van der Waals surface area (Å²) in [5.74, 6) is -0.129. The fourth-order valence-electron chi connectivity index (χ4n) is 0.456. The van der Waals surface area contributed by atoms with Gasteiger partial charge in [0.05, 0.1) is 0 Å². The van der Waals surface area contributed by atoms with Crippen LogP contribution in [0.15, 0.2) is 5.10 Å². The Labute approximate surface area is 67.9 Å². The fraction of sp³-hybridized carbons (Fsp3) is 0.750. The van der Waals surface area contributed by atoms with Gasteiger partial charge in [-0.3, -0.25) is 4.79 Å². The highest BCUT2D eigenvalue weighted by Gasteiger charge is 2.06. The number of nitrogens with one attached hydrogen (secondary N) is 1. The van der Waals surface area contributed by atoms with Gasteiger partial charge in [0.25, 0.3) is 0 Å². The van der Waals surface area contributed by atoms with Crippen molar-refractivity contribution in [2.45, 2.75) is 34.1 Å². The SMILES string of the molecule is CC(=O)N/N=C/CC(C)(C)C. The average Bonchev–Trinajstić information content (AvgIpc) is 1.78. The first-order chi connectivity index (χ1) is 4.92. The minimum Gasteiger partial charge on any atom is -0.274 e. The first-order valence-corrected chi connectivity index (χ1v) is 3.70. The van der Waals surface area contributed by atoms with Crippen LogP contribution in [-0.4, -0.2) is 12.1 Å². The zero-order valence-electron chi connectivity index (χ0n) is 7.64. The Morgan fingerprint density at radius 1 is 1.55 bits per heavy atom. The van der Waals surface area contributed by atoms with Crippen LogP contribution in [0.2, 0.25) is 0 Å². The highest BCUT2D eigenvalue weighted by atomic mass is 16.2. The molecule has 0 aromatic rings. The van der Waals surface area contributed by atoms with Crippen LogP contribution in [0.4, 0.5) is 0 Å². The van der Waals surface area contributed by atoms with Crippen molar-refractivity contribution in [2.24, 2.45) is 10.5 Å². The van der Waals surface area contributed by atoms with Gasteiger partial charge in [-0.15, -0.1) is 0 Å². The van der Waals surface area contributed by atoms with E-state index in [0.717, 1.165) is 6.42 Å². The van der Waals surface area contributed by atoms with Crippen molar-refractivity contribution in [3.63, 3.8) is 0 Å². The second-order valence-electron chi connectivity index (χ2n) is 3.74. The summed E-state index contributed by atoms with van der Waals surface area (Å²) < 4.78 is 0. The summed E-state index contributed by atoms with van der Waals surface area (Å²) >= 11 is 0. The minimum absolute atomic E-state index is 0.129. The van der Waals surface area contributed by atoms with Crippen molar-refractivity contribution in [2.75, 3.05) is 0 Å². The molecule has 64 valence electrons.